The van der Waals surface area contributed by atoms with Gasteiger partial charge in [0.1, 0.15) is 0 Å². The number of hydrogen-bond acceptors (Lipinski definition) is 5. The first-order valence-corrected chi connectivity index (χ1v) is 5.01. The minimum absolute atomic E-state index is 0.100. The molecule has 0 aromatic carbocycles. The van der Waals surface area contributed by atoms with Crippen LogP contribution in [-0.2, 0) is 9.53 Å². The monoisotopic (exact) mass is 220 g/mol. The SMILES string of the molecule is CCOC(=O)C1=Cc2cccnc2N(O)C1. The molecule has 1 N–H and O–H groups in total. The molecule has 0 unspecified atom stereocenters. The molecule has 2 heterocycles. The van der Waals surface area contributed by atoms with Gasteiger partial charge in [0, 0.05) is 11.8 Å². The number of nitrogens with zero attached hydrogens (tertiary/aromatic N) is 2. The molecule has 0 aliphatic carbocycles. The van der Waals surface area contributed by atoms with Crippen LogP contribution in [0.1, 0.15) is 12.5 Å². The molecule has 1 aliphatic heterocycles. The third-order valence-corrected chi connectivity index (χ3v) is 2.25. The molecule has 2 rings (SSSR count). The highest BCUT2D eigenvalue weighted by Gasteiger charge is 2.22. The number of aromatic nitrogens is 1. The molecule has 0 saturated heterocycles. The van der Waals surface area contributed by atoms with Gasteiger partial charge in [0.15, 0.2) is 5.82 Å². The lowest BCUT2D eigenvalue weighted by Crippen LogP contribution is -2.29. The lowest BCUT2D eigenvalue weighted by atomic mass is 10.1. The predicted molar refractivity (Wildman–Crippen MR) is 58.0 cm³/mol. The van der Waals surface area contributed by atoms with E-state index in [9.17, 15) is 10.0 Å². The van der Waals surface area contributed by atoms with Gasteiger partial charge in [-0.2, -0.15) is 0 Å². The maximum absolute atomic E-state index is 11.5. The topological polar surface area (TPSA) is 62.7 Å². The van der Waals surface area contributed by atoms with Gasteiger partial charge in [0.25, 0.3) is 0 Å². The summed E-state index contributed by atoms with van der Waals surface area (Å²) in [7, 11) is 0. The zero-order valence-corrected chi connectivity index (χ0v) is 8.88. The van der Waals surface area contributed by atoms with Gasteiger partial charge in [0.2, 0.25) is 0 Å². The Balaban J connectivity index is 2.33. The molecule has 0 saturated carbocycles. The highest BCUT2D eigenvalue weighted by atomic mass is 16.5. The lowest BCUT2D eigenvalue weighted by molar-refractivity contribution is -0.138. The van der Waals surface area contributed by atoms with Crippen molar-refractivity contribution >= 4 is 17.9 Å². The van der Waals surface area contributed by atoms with Crippen LogP contribution in [-0.4, -0.2) is 29.3 Å². The number of anilines is 1. The van der Waals surface area contributed by atoms with Crippen LogP contribution in [0.5, 0.6) is 0 Å². The van der Waals surface area contributed by atoms with Crippen molar-refractivity contribution in [3.63, 3.8) is 0 Å². The van der Waals surface area contributed by atoms with Crippen LogP contribution in [0, 0.1) is 0 Å². The van der Waals surface area contributed by atoms with E-state index in [0.29, 0.717) is 23.6 Å². The van der Waals surface area contributed by atoms with E-state index in [1.807, 2.05) is 0 Å². The highest BCUT2D eigenvalue weighted by molar-refractivity contribution is 5.96. The fraction of sp³-hybridized carbons (Fsp3) is 0.273. The maximum atomic E-state index is 11.5. The second-order valence-corrected chi connectivity index (χ2v) is 3.36. The van der Waals surface area contributed by atoms with Crippen molar-refractivity contribution in [3.05, 3.63) is 29.5 Å². The summed E-state index contributed by atoms with van der Waals surface area (Å²) < 4.78 is 4.88. The molecule has 1 aromatic heterocycles. The van der Waals surface area contributed by atoms with Gasteiger partial charge in [-0.3, -0.25) is 5.21 Å². The Morgan fingerprint density at radius 1 is 1.69 bits per heavy atom. The van der Waals surface area contributed by atoms with Gasteiger partial charge in [0.05, 0.1) is 18.7 Å². The van der Waals surface area contributed by atoms with E-state index < -0.39 is 5.97 Å². The van der Waals surface area contributed by atoms with Gasteiger partial charge in [-0.15, -0.1) is 0 Å². The zero-order valence-electron chi connectivity index (χ0n) is 8.88. The fourth-order valence-electron chi connectivity index (χ4n) is 1.55. The van der Waals surface area contributed by atoms with E-state index >= 15 is 0 Å². The van der Waals surface area contributed by atoms with Crippen LogP contribution in [0.4, 0.5) is 5.82 Å². The van der Waals surface area contributed by atoms with E-state index in [1.165, 1.54) is 0 Å². The molecule has 5 nitrogen and oxygen atoms in total. The molecule has 0 bridgehead atoms. The molecule has 84 valence electrons. The number of rotatable bonds is 2. The average molecular weight is 220 g/mol. The Labute approximate surface area is 92.9 Å². The Hall–Kier alpha value is -1.88. The van der Waals surface area contributed by atoms with Gasteiger partial charge in [-0.25, -0.2) is 14.8 Å². The third-order valence-electron chi connectivity index (χ3n) is 2.25. The Kier molecular flexibility index (Phi) is 2.87. The van der Waals surface area contributed by atoms with E-state index in [-0.39, 0.29) is 6.54 Å². The number of fused-ring (bicyclic) bond motifs is 1. The van der Waals surface area contributed by atoms with Crippen LogP contribution in [0.25, 0.3) is 6.08 Å². The van der Waals surface area contributed by atoms with E-state index in [1.54, 1.807) is 31.3 Å². The minimum Gasteiger partial charge on any atom is -0.463 e. The number of hydroxylamine groups is 1. The van der Waals surface area contributed by atoms with Crippen LogP contribution in [0.15, 0.2) is 23.9 Å². The van der Waals surface area contributed by atoms with Crippen molar-refractivity contribution in [2.45, 2.75) is 6.92 Å². The normalized spacial score (nSPS) is 14.1. The predicted octanol–water partition coefficient (Wildman–Crippen LogP) is 1.24. The first kappa shape index (κ1) is 10.6. The molecular weight excluding hydrogens is 208 g/mol. The molecule has 5 heteroatoms. The van der Waals surface area contributed by atoms with Gasteiger partial charge in [-0.05, 0) is 25.1 Å². The summed E-state index contributed by atoms with van der Waals surface area (Å²) in [6.07, 6.45) is 3.28. The number of carbonyl (C=O) groups is 1. The largest absolute Gasteiger partial charge is 0.463 e. The van der Waals surface area contributed by atoms with Crippen LogP contribution in [0.3, 0.4) is 0 Å². The quantitative estimate of drug-likeness (QED) is 0.760. The maximum Gasteiger partial charge on any atom is 0.335 e. The van der Waals surface area contributed by atoms with Crippen molar-refractivity contribution in [2.75, 3.05) is 18.2 Å². The zero-order chi connectivity index (χ0) is 11.5. The molecule has 0 fully saturated rings. The van der Waals surface area contributed by atoms with E-state index in [2.05, 4.69) is 4.98 Å². The highest BCUT2D eigenvalue weighted by Crippen LogP contribution is 2.24. The number of hydrogen-bond donors (Lipinski definition) is 1. The first-order valence-electron chi connectivity index (χ1n) is 5.01. The number of ether oxygens (including phenoxy) is 1. The average Bonchev–Trinajstić information content (AvgIpc) is 2.29. The summed E-state index contributed by atoms with van der Waals surface area (Å²) in [6.45, 7) is 2.16. The summed E-state index contributed by atoms with van der Waals surface area (Å²) in [5.74, 6) is 0.0478. The van der Waals surface area contributed by atoms with Crippen molar-refractivity contribution in [1.82, 2.24) is 4.98 Å². The van der Waals surface area contributed by atoms with Crippen LogP contribution in [0.2, 0.25) is 0 Å². The summed E-state index contributed by atoms with van der Waals surface area (Å²) in [5.41, 5.74) is 1.13. The van der Waals surface area contributed by atoms with Crippen molar-refractivity contribution in [1.29, 1.82) is 0 Å². The molecule has 0 atom stereocenters. The second kappa shape index (κ2) is 4.32. The van der Waals surface area contributed by atoms with Crippen molar-refractivity contribution in [3.8, 4) is 0 Å². The lowest BCUT2D eigenvalue weighted by Gasteiger charge is -2.23. The molecule has 1 aliphatic rings. The van der Waals surface area contributed by atoms with Crippen molar-refractivity contribution < 1.29 is 14.7 Å². The van der Waals surface area contributed by atoms with E-state index in [4.69, 9.17) is 4.74 Å². The third kappa shape index (κ3) is 1.90. The van der Waals surface area contributed by atoms with Gasteiger partial charge in [-0.1, -0.05) is 0 Å². The standard InChI is InChI=1S/C11H12N2O3/c1-2-16-11(14)9-6-8-4-3-5-12-10(8)13(15)7-9/h3-6,15H,2,7H2,1H3. The van der Waals surface area contributed by atoms with Gasteiger partial charge < -0.3 is 4.74 Å². The van der Waals surface area contributed by atoms with E-state index in [0.717, 1.165) is 5.06 Å². The Bertz CT molecular complexity index is 443. The molecule has 1 aromatic rings. The summed E-state index contributed by atoms with van der Waals surface area (Å²) in [5, 5.41) is 10.6. The summed E-state index contributed by atoms with van der Waals surface area (Å²) in [4.78, 5) is 15.5. The molecule has 0 amide bonds. The van der Waals surface area contributed by atoms with Crippen molar-refractivity contribution in [2.24, 2.45) is 0 Å². The Morgan fingerprint density at radius 3 is 3.25 bits per heavy atom. The number of pyridine rings is 1. The molecular formula is C11H12N2O3. The molecule has 16 heavy (non-hydrogen) atoms. The number of carbonyl (C=O) groups excluding carboxylic acids is 1. The fourth-order valence-corrected chi connectivity index (χ4v) is 1.55. The van der Waals surface area contributed by atoms with Gasteiger partial charge >= 0.3 is 5.97 Å². The minimum atomic E-state index is -0.406. The second-order valence-electron chi connectivity index (χ2n) is 3.36. The summed E-state index contributed by atoms with van der Waals surface area (Å²) in [6, 6.07) is 3.53. The summed E-state index contributed by atoms with van der Waals surface area (Å²) >= 11 is 0. The first-order chi connectivity index (χ1) is 7.72. The number of esters is 1. The van der Waals surface area contributed by atoms with Crippen LogP contribution < -0.4 is 5.06 Å². The molecule has 0 radical (unpaired) electrons. The molecule has 0 spiro atoms. The Morgan fingerprint density at radius 2 is 2.50 bits per heavy atom. The van der Waals surface area contributed by atoms with Crippen LogP contribution >= 0.6 is 0 Å². The smallest absolute Gasteiger partial charge is 0.335 e.